The summed E-state index contributed by atoms with van der Waals surface area (Å²) < 4.78 is 3.43. The predicted molar refractivity (Wildman–Crippen MR) is 158 cm³/mol. The number of ketones is 1. The molecule has 4 aromatic heterocycles. The number of carbonyl (C=O) groups excluding carboxylic acids is 2. The summed E-state index contributed by atoms with van der Waals surface area (Å²) >= 11 is 1.80. The number of carbonyl (C=O) groups is 2. The number of pyridine rings is 1. The van der Waals surface area contributed by atoms with E-state index >= 15 is 0 Å². The van der Waals surface area contributed by atoms with Crippen molar-refractivity contribution in [2.24, 2.45) is 0 Å². The average molecular weight is 572 g/mol. The van der Waals surface area contributed by atoms with Crippen LogP contribution >= 0.6 is 11.8 Å². The van der Waals surface area contributed by atoms with Crippen LogP contribution in [0.4, 0.5) is 10.6 Å². The van der Waals surface area contributed by atoms with E-state index in [9.17, 15) is 9.59 Å². The van der Waals surface area contributed by atoms with E-state index in [0.29, 0.717) is 17.0 Å². The molecule has 0 aliphatic carbocycles. The number of nitrogens with two attached hydrogens (primary N) is 1. The second-order valence-electron chi connectivity index (χ2n) is 11.1. The summed E-state index contributed by atoms with van der Waals surface area (Å²) in [5, 5.41) is 9.06. The minimum absolute atomic E-state index is 0.0348. The van der Waals surface area contributed by atoms with Crippen molar-refractivity contribution in [3.63, 3.8) is 0 Å². The van der Waals surface area contributed by atoms with Crippen LogP contribution in [0.15, 0.2) is 36.8 Å². The molecule has 2 N–H and O–H groups in total. The molecule has 3 fully saturated rings. The van der Waals surface area contributed by atoms with Crippen molar-refractivity contribution in [1.29, 1.82) is 0 Å². The topological polar surface area (TPSA) is 128 Å². The summed E-state index contributed by atoms with van der Waals surface area (Å²) in [4.78, 5) is 40.1. The van der Waals surface area contributed by atoms with Crippen LogP contribution in [0.2, 0.25) is 0 Å². The summed E-state index contributed by atoms with van der Waals surface area (Å²) in [6, 6.07) is 6.34. The number of nitrogens with zero attached hydrogens (tertiary/aromatic N) is 8. The molecule has 2 bridgehead atoms. The highest BCUT2D eigenvalue weighted by molar-refractivity contribution is 7.99. The largest absolute Gasteiger partial charge is 0.383 e. The van der Waals surface area contributed by atoms with Gasteiger partial charge in [-0.05, 0) is 51.7 Å². The first kappa shape index (κ1) is 26.0. The Hall–Kier alpha value is -3.93. The second-order valence-corrected chi connectivity index (χ2v) is 12.2. The third-order valence-corrected chi connectivity index (χ3v) is 9.69. The maximum atomic E-state index is 13.3. The molecule has 0 spiro atoms. The summed E-state index contributed by atoms with van der Waals surface area (Å²) in [7, 11) is 0. The van der Waals surface area contributed by atoms with E-state index in [0.717, 1.165) is 78.6 Å². The first-order chi connectivity index (χ1) is 19.9. The van der Waals surface area contributed by atoms with Crippen molar-refractivity contribution < 1.29 is 9.59 Å². The minimum Gasteiger partial charge on any atom is -0.383 e. The fraction of sp³-hybridized carbons (Fsp3) is 0.448. The molecule has 3 saturated heterocycles. The van der Waals surface area contributed by atoms with Gasteiger partial charge in [-0.25, -0.2) is 9.78 Å². The number of aromatic nitrogens is 6. The lowest BCUT2D eigenvalue weighted by Crippen LogP contribution is -2.51. The smallest absolute Gasteiger partial charge is 0.321 e. The molecule has 3 aliphatic rings. The quantitative estimate of drug-likeness (QED) is 0.351. The molecule has 4 aromatic rings. The van der Waals surface area contributed by atoms with Gasteiger partial charge in [0, 0.05) is 60.4 Å². The molecule has 1 unspecified atom stereocenters. The highest BCUT2D eigenvalue weighted by Crippen LogP contribution is 2.45. The lowest BCUT2D eigenvalue weighted by atomic mass is 9.85. The van der Waals surface area contributed by atoms with Crippen LogP contribution < -0.4 is 5.73 Å². The molecular formula is C29H33N9O2S. The van der Waals surface area contributed by atoms with E-state index in [1.807, 2.05) is 40.9 Å². The van der Waals surface area contributed by atoms with Crippen LogP contribution in [0.1, 0.15) is 61.5 Å². The lowest BCUT2D eigenvalue weighted by molar-refractivity contribution is 0.100. The molecule has 0 saturated carbocycles. The van der Waals surface area contributed by atoms with Crippen molar-refractivity contribution in [1.82, 2.24) is 39.2 Å². The molecule has 3 atom stereocenters. The van der Waals surface area contributed by atoms with Crippen molar-refractivity contribution in [2.45, 2.75) is 64.1 Å². The van der Waals surface area contributed by atoms with E-state index in [2.05, 4.69) is 20.1 Å². The molecular weight excluding hydrogens is 538 g/mol. The Morgan fingerprint density at radius 2 is 1.90 bits per heavy atom. The van der Waals surface area contributed by atoms with E-state index in [4.69, 9.17) is 10.7 Å². The van der Waals surface area contributed by atoms with Crippen LogP contribution in [0.3, 0.4) is 0 Å². The third kappa shape index (κ3) is 4.35. The number of piperidine rings is 1. The molecule has 7 heterocycles. The standard InChI is InChI=1S/C29H33N9O2S/c1-3-36-9-8-24(34-36)23-7-4-18(14-31-23)22-15-32-38-27(30)25(17(2)39)26(33-28(22)38)19-12-20-5-6-21(13-19)37(20)29(40)35-10-11-41-16-35/h4,7-9,14-15,19-21H,3,5-6,10-13,16,30H2,1-2H3/t19?,20-,21+. The van der Waals surface area contributed by atoms with Crippen LogP contribution in [0, 0.1) is 0 Å². The number of aryl methyl sites for hydroxylation is 1. The Morgan fingerprint density at radius 1 is 1.10 bits per heavy atom. The number of hydrogen-bond acceptors (Lipinski definition) is 8. The molecule has 212 valence electrons. The zero-order chi connectivity index (χ0) is 28.2. The maximum absolute atomic E-state index is 13.3. The lowest BCUT2D eigenvalue weighted by Gasteiger charge is -2.40. The monoisotopic (exact) mass is 571 g/mol. The molecule has 12 heteroatoms. The van der Waals surface area contributed by atoms with Gasteiger partial charge in [-0.3, -0.25) is 14.5 Å². The van der Waals surface area contributed by atoms with Crippen LogP contribution in [-0.4, -0.2) is 81.2 Å². The maximum Gasteiger partial charge on any atom is 0.321 e. The number of nitrogen functional groups attached to an aromatic ring is 1. The van der Waals surface area contributed by atoms with Crippen LogP contribution in [0.25, 0.3) is 28.2 Å². The zero-order valence-electron chi connectivity index (χ0n) is 23.2. The highest BCUT2D eigenvalue weighted by atomic mass is 32.2. The van der Waals surface area contributed by atoms with Crippen molar-refractivity contribution in [2.75, 3.05) is 23.9 Å². The summed E-state index contributed by atoms with van der Waals surface area (Å²) in [5.41, 5.74) is 11.6. The molecule has 2 amide bonds. The Morgan fingerprint density at radius 3 is 2.54 bits per heavy atom. The molecule has 3 aliphatic heterocycles. The van der Waals surface area contributed by atoms with Gasteiger partial charge in [-0.15, -0.1) is 11.8 Å². The Balaban J connectivity index is 1.23. The average Bonchev–Trinajstić information content (AvgIpc) is 3.79. The fourth-order valence-electron chi connectivity index (χ4n) is 6.71. The van der Waals surface area contributed by atoms with E-state index in [1.54, 1.807) is 28.7 Å². The van der Waals surface area contributed by atoms with Gasteiger partial charge in [0.25, 0.3) is 0 Å². The first-order valence-corrected chi connectivity index (χ1v) is 15.4. The SMILES string of the molecule is CCn1ccc(-c2ccc(-c3cnn4c(N)c(C(C)=O)c(C5C[C@H]6CC[C@@H](C5)N6C(=O)N5CCSC5)nc34)cn2)n1. The predicted octanol–water partition coefficient (Wildman–Crippen LogP) is 4.30. The van der Waals surface area contributed by atoms with Crippen molar-refractivity contribution in [3.05, 3.63) is 48.0 Å². The number of fused-ring (bicyclic) bond motifs is 3. The Kier molecular flexibility index (Phi) is 6.44. The van der Waals surface area contributed by atoms with E-state index in [-0.39, 0.29) is 29.8 Å². The number of thioether (sulfide) groups is 1. The molecule has 11 nitrogen and oxygen atoms in total. The van der Waals surface area contributed by atoms with Gasteiger partial charge in [0.2, 0.25) is 0 Å². The van der Waals surface area contributed by atoms with Gasteiger partial charge in [-0.1, -0.05) is 6.07 Å². The van der Waals surface area contributed by atoms with E-state index < -0.39 is 0 Å². The number of rotatable bonds is 5. The van der Waals surface area contributed by atoms with Crippen LogP contribution in [-0.2, 0) is 6.54 Å². The normalized spacial score (nSPS) is 22.1. The fourth-order valence-corrected chi connectivity index (χ4v) is 7.65. The molecule has 7 rings (SSSR count). The summed E-state index contributed by atoms with van der Waals surface area (Å²) in [6.45, 7) is 5.19. The van der Waals surface area contributed by atoms with Gasteiger partial charge in [0.15, 0.2) is 11.4 Å². The van der Waals surface area contributed by atoms with Crippen molar-refractivity contribution in [3.8, 4) is 22.5 Å². The number of amides is 2. The van der Waals surface area contributed by atoms with E-state index in [1.165, 1.54) is 6.92 Å². The Bertz CT molecular complexity index is 1630. The number of urea groups is 1. The summed E-state index contributed by atoms with van der Waals surface area (Å²) in [5.74, 6) is 1.98. The van der Waals surface area contributed by atoms with Gasteiger partial charge in [0.1, 0.15) is 11.5 Å². The van der Waals surface area contributed by atoms with Gasteiger partial charge >= 0.3 is 6.03 Å². The number of hydrogen-bond donors (Lipinski definition) is 1. The minimum atomic E-state index is -0.124. The highest BCUT2D eigenvalue weighted by Gasteiger charge is 2.46. The molecule has 41 heavy (non-hydrogen) atoms. The zero-order valence-corrected chi connectivity index (χ0v) is 24.0. The van der Waals surface area contributed by atoms with Crippen LogP contribution in [0.5, 0.6) is 0 Å². The number of Topliss-reactive ketones (excluding diaryl/α,β-unsaturated/α-hetero) is 1. The molecule has 0 aromatic carbocycles. The third-order valence-electron chi connectivity index (χ3n) is 8.73. The first-order valence-electron chi connectivity index (χ1n) is 14.3. The second kappa shape index (κ2) is 10.2. The summed E-state index contributed by atoms with van der Waals surface area (Å²) in [6.07, 6.45) is 8.98. The number of anilines is 1. The Labute approximate surface area is 242 Å². The molecule has 0 radical (unpaired) electrons. The van der Waals surface area contributed by atoms with Gasteiger partial charge < -0.3 is 15.5 Å². The van der Waals surface area contributed by atoms with Gasteiger partial charge in [-0.2, -0.15) is 14.7 Å². The van der Waals surface area contributed by atoms with Crippen molar-refractivity contribution >= 4 is 35.0 Å². The van der Waals surface area contributed by atoms with Gasteiger partial charge in [0.05, 0.1) is 29.0 Å².